The smallest absolute Gasteiger partial charge is 0.268 e. The van der Waals surface area contributed by atoms with Crippen LogP contribution in [0.4, 0.5) is 0 Å². The average molecular weight is 339 g/mol. The van der Waals surface area contributed by atoms with E-state index in [9.17, 15) is 4.79 Å². The molecule has 20 heavy (non-hydrogen) atoms. The molecule has 6 heteroatoms. The number of aryl methyl sites for hydroxylation is 3. The zero-order valence-corrected chi connectivity index (χ0v) is 13.6. The Balaban J connectivity index is 2.07. The van der Waals surface area contributed by atoms with Crippen molar-refractivity contribution in [3.8, 4) is 0 Å². The highest BCUT2D eigenvalue weighted by atomic mass is 79.9. The fourth-order valence-electron chi connectivity index (χ4n) is 2.18. The summed E-state index contributed by atoms with van der Waals surface area (Å²) in [6, 6.07) is 1.85. The summed E-state index contributed by atoms with van der Waals surface area (Å²) in [6.45, 7) is 5.36. The van der Waals surface area contributed by atoms with Gasteiger partial charge < -0.3 is 9.88 Å². The molecule has 0 fully saturated rings. The summed E-state index contributed by atoms with van der Waals surface area (Å²) in [7, 11) is 1.88. The highest BCUT2D eigenvalue weighted by molar-refractivity contribution is 9.10. The van der Waals surface area contributed by atoms with Crippen LogP contribution < -0.4 is 5.32 Å². The average Bonchev–Trinajstić information content (AvgIpc) is 2.90. The number of hydrogen-bond donors (Lipinski definition) is 1. The van der Waals surface area contributed by atoms with E-state index in [2.05, 4.69) is 33.3 Å². The van der Waals surface area contributed by atoms with E-state index in [0.29, 0.717) is 12.2 Å². The van der Waals surface area contributed by atoms with E-state index < -0.39 is 0 Å². The zero-order chi connectivity index (χ0) is 14.7. The highest BCUT2D eigenvalue weighted by Gasteiger charge is 2.13. The standard InChI is InChI=1S/C14H19BrN4O/c1-4-5-19-9-12(15)6-13(19)14(20)16-7-11-8-18(3)17-10(11)2/h6,8-9H,4-5,7H2,1-3H3,(H,16,20). The Morgan fingerprint density at radius 2 is 2.20 bits per heavy atom. The van der Waals surface area contributed by atoms with Gasteiger partial charge in [0.1, 0.15) is 5.69 Å². The van der Waals surface area contributed by atoms with Gasteiger partial charge in [0.15, 0.2) is 0 Å². The number of amides is 1. The summed E-state index contributed by atoms with van der Waals surface area (Å²) >= 11 is 3.42. The highest BCUT2D eigenvalue weighted by Crippen LogP contribution is 2.16. The molecule has 0 aliphatic heterocycles. The van der Waals surface area contributed by atoms with Crippen LogP contribution in [0.15, 0.2) is 22.9 Å². The molecular formula is C14H19BrN4O. The van der Waals surface area contributed by atoms with Crippen LogP contribution in [0.25, 0.3) is 0 Å². The molecule has 0 saturated heterocycles. The van der Waals surface area contributed by atoms with Crippen molar-refractivity contribution >= 4 is 21.8 Å². The lowest BCUT2D eigenvalue weighted by atomic mass is 10.2. The minimum absolute atomic E-state index is 0.0626. The van der Waals surface area contributed by atoms with Crippen LogP contribution in [0.3, 0.4) is 0 Å². The molecule has 2 aromatic rings. The number of nitrogens with one attached hydrogen (secondary N) is 1. The second-order valence-electron chi connectivity index (χ2n) is 4.83. The summed E-state index contributed by atoms with van der Waals surface area (Å²) < 4.78 is 4.65. The van der Waals surface area contributed by atoms with Gasteiger partial charge in [-0.05, 0) is 35.3 Å². The van der Waals surface area contributed by atoms with Crippen LogP contribution in [-0.4, -0.2) is 20.3 Å². The molecule has 0 aliphatic rings. The number of halogens is 1. The lowest BCUT2D eigenvalue weighted by molar-refractivity contribution is 0.0941. The Hall–Kier alpha value is -1.56. The predicted octanol–water partition coefficient (Wildman–Crippen LogP) is 2.63. The van der Waals surface area contributed by atoms with Crippen LogP contribution in [0.5, 0.6) is 0 Å². The third kappa shape index (κ3) is 3.30. The Labute approximate surface area is 127 Å². The zero-order valence-electron chi connectivity index (χ0n) is 12.0. The van der Waals surface area contributed by atoms with Crippen molar-refractivity contribution in [2.45, 2.75) is 33.4 Å². The molecule has 2 heterocycles. The Morgan fingerprint density at radius 3 is 2.80 bits per heavy atom. The van der Waals surface area contributed by atoms with E-state index >= 15 is 0 Å². The first-order valence-electron chi connectivity index (χ1n) is 6.64. The fraction of sp³-hybridized carbons (Fsp3) is 0.429. The molecule has 108 valence electrons. The lowest BCUT2D eigenvalue weighted by Gasteiger charge is -2.08. The molecule has 0 aromatic carbocycles. The summed E-state index contributed by atoms with van der Waals surface area (Å²) in [6.07, 6.45) is 4.85. The summed E-state index contributed by atoms with van der Waals surface area (Å²) in [5.74, 6) is -0.0626. The monoisotopic (exact) mass is 338 g/mol. The molecule has 1 N–H and O–H groups in total. The molecule has 0 aliphatic carbocycles. The van der Waals surface area contributed by atoms with E-state index in [1.165, 1.54) is 0 Å². The molecule has 0 unspecified atom stereocenters. The van der Waals surface area contributed by atoms with Crippen LogP contribution in [0.1, 0.15) is 35.1 Å². The van der Waals surface area contributed by atoms with Gasteiger partial charge in [0.05, 0.1) is 5.69 Å². The van der Waals surface area contributed by atoms with Crippen molar-refractivity contribution in [2.24, 2.45) is 7.05 Å². The van der Waals surface area contributed by atoms with E-state index in [-0.39, 0.29) is 5.91 Å². The largest absolute Gasteiger partial charge is 0.347 e. The van der Waals surface area contributed by atoms with Crippen molar-refractivity contribution in [3.05, 3.63) is 39.9 Å². The minimum Gasteiger partial charge on any atom is -0.347 e. The molecule has 0 spiro atoms. The first-order chi connectivity index (χ1) is 9.51. The molecule has 2 aromatic heterocycles. The van der Waals surface area contributed by atoms with Gasteiger partial charge in [-0.1, -0.05) is 6.92 Å². The molecule has 2 rings (SSSR count). The second kappa shape index (κ2) is 6.26. The number of rotatable bonds is 5. The normalized spacial score (nSPS) is 10.8. The van der Waals surface area contributed by atoms with Gasteiger partial charge in [-0.15, -0.1) is 0 Å². The van der Waals surface area contributed by atoms with Crippen molar-refractivity contribution < 1.29 is 4.79 Å². The van der Waals surface area contributed by atoms with Gasteiger partial charge in [-0.3, -0.25) is 9.48 Å². The predicted molar refractivity (Wildman–Crippen MR) is 81.5 cm³/mol. The van der Waals surface area contributed by atoms with Crippen LogP contribution in [-0.2, 0) is 20.1 Å². The maximum absolute atomic E-state index is 12.3. The lowest BCUT2D eigenvalue weighted by Crippen LogP contribution is -2.25. The van der Waals surface area contributed by atoms with E-state index in [1.807, 2.05) is 37.0 Å². The van der Waals surface area contributed by atoms with E-state index in [4.69, 9.17) is 0 Å². The summed E-state index contributed by atoms with van der Waals surface area (Å²) in [5.41, 5.74) is 2.66. The maximum atomic E-state index is 12.3. The maximum Gasteiger partial charge on any atom is 0.268 e. The van der Waals surface area contributed by atoms with E-state index in [1.54, 1.807) is 4.68 Å². The van der Waals surface area contributed by atoms with Crippen molar-refractivity contribution in [1.82, 2.24) is 19.7 Å². The number of hydrogen-bond acceptors (Lipinski definition) is 2. The minimum atomic E-state index is -0.0626. The van der Waals surface area contributed by atoms with Gasteiger partial charge in [0, 0.05) is 42.6 Å². The fourth-order valence-corrected chi connectivity index (χ4v) is 2.64. The van der Waals surface area contributed by atoms with E-state index in [0.717, 1.165) is 28.7 Å². The van der Waals surface area contributed by atoms with Gasteiger partial charge in [0.25, 0.3) is 5.91 Å². The van der Waals surface area contributed by atoms with Crippen molar-refractivity contribution in [1.29, 1.82) is 0 Å². The number of carbonyl (C=O) groups is 1. The van der Waals surface area contributed by atoms with Crippen LogP contribution >= 0.6 is 15.9 Å². The molecule has 0 bridgehead atoms. The van der Waals surface area contributed by atoms with Crippen LogP contribution in [0.2, 0.25) is 0 Å². The number of nitrogens with zero attached hydrogens (tertiary/aromatic N) is 3. The molecule has 1 amide bonds. The molecule has 0 atom stereocenters. The van der Waals surface area contributed by atoms with Crippen molar-refractivity contribution in [3.63, 3.8) is 0 Å². The first kappa shape index (κ1) is 14.8. The quantitative estimate of drug-likeness (QED) is 0.911. The first-order valence-corrected chi connectivity index (χ1v) is 7.43. The Morgan fingerprint density at radius 1 is 1.45 bits per heavy atom. The topological polar surface area (TPSA) is 51.9 Å². The molecular weight excluding hydrogens is 320 g/mol. The molecule has 0 radical (unpaired) electrons. The third-order valence-corrected chi connectivity index (χ3v) is 3.55. The van der Waals surface area contributed by atoms with Gasteiger partial charge in [-0.2, -0.15) is 5.10 Å². The summed E-state index contributed by atoms with van der Waals surface area (Å²) in [5, 5.41) is 7.21. The van der Waals surface area contributed by atoms with Crippen molar-refractivity contribution in [2.75, 3.05) is 0 Å². The Bertz CT molecular complexity index is 615. The SMILES string of the molecule is CCCn1cc(Br)cc1C(=O)NCc1cn(C)nc1C. The number of carbonyl (C=O) groups excluding carboxylic acids is 1. The molecule has 0 saturated carbocycles. The van der Waals surface area contributed by atoms with Gasteiger partial charge >= 0.3 is 0 Å². The summed E-state index contributed by atoms with van der Waals surface area (Å²) in [4.78, 5) is 12.3. The third-order valence-electron chi connectivity index (χ3n) is 3.11. The van der Waals surface area contributed by atoms with Gasteiger partial charge in [-0.25, -0.2) is 0 Å². The Kier molecular flexibility index (Phi) is 4.65. The van der Waals surface area contributed by atoms with Crippen LogP contribution in [0, 0.1) is 6.92 Å². The van der Waals surface area contributed by atoms with Gasteiger partial charge in [0.2, 0.25) is 0 Å². The second-order valence-corrected chi connectivity index (χ2v) is 5.75. The molecule has 5 nitrogen and oxygen atoms in total. The number of aromatic nitrogens is 3.